The van der Waals surface area contributed by atoms with Gasteiger partial charge in [-0.2, -0.15) is 0 Å². The summed E-state index contributed by atoms with van der Waals surface area (Å²) in [6.45, 7) is 10.2. The van der Waals surface area contributed by atoms with Crippen LogP contribution in [-0.2, 0) is 9.53 Å². The van der Waals surface area contributed by atoms with E-state index < -0.39 is 8.07 Å². The Labute approximate surface area is 82.0 Å². The maximum Gasteiger partial charge on any atom is 0.303 e. The minimum Gasteiger partial charge on any atom is -0.458 e. The van der Waals surface area contributed by atoms with Crippen LogP contribution in [0, 0.1) is 0 Å². The van der Waals surface area contributed by atoms with Gasteiger partial charge in [-0.3, -0.25) is 4.79 Å². The molecule has 1 unspecified atom stereocenters. The lowest BCUT2D eigenvalue weighted by molar-refractivity contribution is -0.144. The summed E-state index contributed by atoms with van der Waals surface area (Å²) < 4.78 is 5.09. The van der Waals surface area contributed by atoms with E-state index in [4.69, 9.17) is 4.74 Å². The second-order valence-electron chi connectivity index (χ2n) is 4.28. The highest BCUT2D eigenvalue weighted by atomic mass is 28.3. The highest BCUT2D eigenvalue weighted by Gasteiger charge is 2.10. The zero-order valence-electron chi connectivity index (χ0n) is 9.26. The molecule has 0 saturated carbocycles. The van der Waals surface area contributed by atoms with Crippen LogP contribution < -0.4 is 0 Å². The quantitative estimate of drug-likeness (QED) is 0.515. The molecule has 0 saturated heterocycles. The van der Waals surface area contributed by atoms with E-state index in [-0.39, 0.29) is 12.1 Å². The number of rotatable bonds is 4. The Morgan fingerprint density at radius 3 is 2.31 bits per heavy atom. The number of hydrogen-bond donors (Lipinski definition) is 0. The van der Waals surface area contributed by atoms with E-state index >= 15 is 0 Å². The van der Waals surface area contributed by atoms with Crippen LogP contribution in [0.15, 0.2) is 11.8 Å². The van der Waals surface area contributed by atoms with Crippen molar-refractivity contribution in [1.29, 1.82) is 0 Å². The van der Waals surface area contributed by atoms with Gasteiger partial charge >= 0.3 is 5.97 Å². The molecule has 3 heteroatoms. The average Bonchev–Trinajstić information content (AvgIpc) is 1.95. The maximum absolute atomic E-state index is 10.7. The van der Waals surface area contributed by atoms with Crippen LogP contribution in [-0.4, -0.2) is 20.1 Å². The average molecular weight is 200 g/mol. The van der Waals surface area contributed by atoms with Gasteiger partial charge in [0.15, 0.2) is 0 Å². The summed E-state index contributed by atoms with van der Waals surface area (Å²) in [5.74, 6) is -0.202. The first kappa shape index (κ1) is 12.4. The van der Waals surface area contributed by atoms with Crippen molar-refractivity contribution in [3.8, 4) is 0 Å². The van der Waals surface area contributed by atoms with Crippen LogP contribution in [0.4, 0.5) is 0 Å². The SMILES string of the molecule is CCC(/C=C/[Si](C)(C)C)OC(C)=O. The number of ether oxygens (including phenoxy) is 1. The van der Waals surface area contributed by atoms with E-state index in [1.165, 1.54) is 6.92 Å². The Bertz CT molecular complexity index is 192. The van der Waals surface area contributed by atoms with E-state index in [0.717, 1.165) is 6.42 Å². The predicted octanol–water partition coefficient (Wildman–Crippen LogP) is 2.76. The normalized spacial score (nSPS) is 14.5. The first-order valence-electron chi connectivity index (χ1n) is 4.71. The second kappa shape index (κ2) is 5.22. The summed E-state index contributed by atoms with van der Waals surface area (Å²) >= 11 is 0. The highest BCUT2D eigenvalue weighted by molar-refractivity contribution is 6.80. The fraction of sp³-hybridized carbons (Fsp3) is 0.700. The molecule has 0 bridgehead atoms. The fourth-order valence-corrected chi connectivity index (χ4v) is 1.66. The first-order chi connectivity index (χ1) is 5.85. The second-order valence-corrected chi connectivity index (χ2v) is 9.35. The van der Waals surface area contributed by atoms with Gasteiger partial charge in [0.05, 0.1) is 8.07 Å². The molecule has 76 valence electrons. The van der Waals surface area contributed by atoms with Crippen molar-refractivity contribution in [2.75, 3.05) is 0 Å². The molecule has 0 heterocycles. The first-order valence-corrected chi connectivity index (χ1v) is 8.29. The predicted molar refractivity (Wildman–Crippen MR) is 58.3 cm³/mol. The van der Waals surface area contributed by atoms with Crippen molar-refractivity contribution in [2.24, 2.45) is 0 Å². The number of esters is 1. The molecule has 0 amide bonds. The number of hydrogen-bond acceptors (Lipinski definition) is 2. The molecule has 0 aromatic heterocycles. The lowest BCUT2D eigenvalue weighted by Gasteiger charge is -2.13. The molecule has 2 nitrogen and oxygen atoms in total. The third-order valence-electron chi connectivity index (χ3n) is 1.53. The monoisotopic (exact) mass is 200 g/mol. The molecule has 0 N–H and O–H groups in total. The minimum absolute atomic E-state index is 0.0378. The van der Waals surface area contributed by atoms with Crippen molar-refractivity contribution >= 4 is 14.0 Å². The molecular formula is C10H20O2Si. The standard InChI is InChI=1S/C10H20O2Si/c1-6-10(12-9(2)11)7-8-13(3,4)5/h7-8,10H,6H2,1-5H3/b8-7+. The summed E-state index contributed by atoms with van der Waals surface area (Å²) in [5, 5.41) is 0. The molecule has 0 aromatic rings. The molecule has 0 aliphatic carbocycles. The molecule has 0 aliphatic heterocycles. The van der Waals surface area contributed by atoms with Crippen LogP contribution in [0.2, 0.25) is 19.6 Å². The van der Waals surface area contributed by atoms with Crippen molar-refractivity contribution in [1.82, 2.24) is 0 Å². The lowest BCUT2D eigenvalue weighted by atomic mass is 10.3. The van der Waals surface area contributed by atoms with Gasteiger partial charge in [-0.15, -0.1) is 0 Å². The molecular weight excluding hydrogens is 180 g/mol. The summed E-state index contributed by atoms with van der Waals surface area (Å²) in [4.78, 5) is 10.7. The van der Waals surface area contributed by atoms with Crippen molar-refractivity contribution in [3.05, 3.63) is 11.8 Å². The molecule has 0 aliphatic rings. The third kappa shape index (κ3) is 7.78. The van der Waals surface area contributed by atoms with E-state index in [0.29, 0.717) is 0 Å². The van der Waals surface area contributed by atoms with E-state index in [1.807, 2.05) is 13.0 Å². The van der Waals surface area contributed by atoms with Crippen LogP contribution in [0.5, 0.6) is 0 Å². The van der Waals surface area contributed by atoms with Gasteiger partial charge < -0.3 is 4.74 Å². The Kier molecular flexibility index (Phi) is 4.99. The highest BCUT2D eigenvalue weighted by Crippen LogP contribution is 2.06. The van der Waals surface area contributed by atoms with Gasteiger partial charge in [0.25, 0.3) is 0 Å². The lowest BCUT2D eigenvalue weighted by Crippen LogP contribution is -2.19. The minimum atomic E-state index is -1.16. The Morgan fingerprint density at radius 2 is 2.00 bits per heavy atom. The topological polar surface area (TPSA) is 26.3 Å². The number of carbonyl (C=O) groups is 1. The Morgan fingerprint density at radius 1 is 1.46 bits per heavy atom. The smallest absolute Gasteiger partial charge is 0.303 e. The molecule has 0 aromatic carbocycles. The van der Waals surface area contributed by atoms with E-state index in [1.54, 1.807) is 0 Å². The van der Waals surface area contributed by atoms with Gasteiger partial charge in [0, 0.05) is 6.92 Å². The summed E-state index contributed by atoms with van der Waals surface area (Å²) in [6, 6.07) is 0. The molecule has 0 radical (unpaired) electrons. The summed E-state index contributed by atoms with van der Waals surface area (Å²) in [7, 11) is -1.16. The summed E-state index contributed by atoms with van der Waals surface area (Å²) in [6.07, 6.45) is 2.83. The van der Waals surface area contributed by atoms with Crippen molar-refractivity contribution in [3.63, 3.8) is 0 Å². The number of carbonyl (C=O) groups excluding carboxylic acids is 1. The molecule has 13 heavy (non-hydrogen) atoms. The van der Waals surface area contributed by atoms with Crippen LogP contribution in [0.3, 0.4) is 0 Å². The maximum atomic E-state index is 10.7. The van der Waals surface area contributed by atoms with E-state index in [2.05, 4.69) is 25.3 Å². The largest absolute Gasteiger partial charge is 0.458 e. The van der Waals surface area contributed by atoms with Crippen LogP contribution in [0.25, 0.3) is 0 Å². The molecule has 1 atom stereocenters. The van der Waals surface area contributed by atoms with Crippen molar-refractivity contribution < 1.29 is 9.53 Å². The zero-order chi connectivity index (χ0) is 10.5. The fourth-order valence-electron chi connectivity index (χ4n) is 0.868. The van der Waals surface area contributed by atoms with Crippen LogP contribution in [0.1, 0.15) is 20.3 Å². The third-order valence-corrected chi connectivity index (χ3v) is 2.72. The zero-order valence-corrected chi connectivity index (χ0v) is 10.3. The van der Waals surface area contributed by atoms with Gasteiger partial charge in [-0.05, 0) is 6.42 Å². The summed E-state index contributed by atoms with van der Waals surface area (Å²) in [5.41, 5.74) is 2.21. The van der Waals surface area contributed by atoms with Crippen LogP contribution >= 0.6 is 0 Å². The Balaban J connectivity index is 4.12. The van der Waals surface area contributed by atoms with Gasteiger partial charge in [-0.25, -0.2) is 0 Å². The molecule has 0 fully saturated rings. The molecule has 0 spiro atoms. The van der Waals surface area contributed by atoms with Gasteiger partial charge in [-0.1, -0.05) is 38.3 Å². The Hall–Kier alpha value is -0.573. The van der Waals surface area contributed by atoms with Gasteiger partial charge in [0.2, 0.25) is 0 Å². The van der Waals surface area contributed by atoms with Crippen molar-refractivity contribution in [2.45, 2.75) is 46.0 Å². The molecule has 0 rings (SSSR count). The van der Waals surface area contributed by atoms with E-state index in [9.17, 15) is 4.79 Å². The van der Waals surface area contributed by atoms with Gasteiger partial charge in [0.1, 0.15) is 6.10 Å².